The van der Waals surface area contributed by atoms with Crippen LogP contribution in [0, 0.1) is 13.8 Å². The largest absolute Gasteiger partial charge is 0.453 e. The summed E-state index contributed by atoms with van der Waals surface area (Å²) in [6.07, 6.45) is -3.05. The molecule has 0 unspecified atom stereocenters. The smallest absolute Gasteiger partial charge is 0.384 e. The minimum Gasteiger partial charge on any atom is -0.384 e. The van der Waals surface area contributed by atoms with Gasteiger partial charge in [0, 0.05) is 24.7 Å². The highest BCUT2D eigenvalue weighted by molar-refractivity contribution is 5.58. The van der Waals surface area contributed by atoms with E-state index in [1.807, 2.05) is 0 Å². The molecule has 0 aliphatic carbocycles. The van der Waals surface area contributed by atoms with Gasteiger partial charge in [0.1, 0.15) is 5.82 Å². The molecule has 0 spiro atoms. The molecule has 0 amide bonds. The van der Waals surface area contributed by atoms with Crippen molar-refractivity contribution in [3.8, 4) is 0 Å². The molecule has 3 aromatic heterocycles. The fraction of sp³-hybridized carbons (Fsp3) is 0.385. The number of nitrogen functional groups attached to an aromatic ring is 1. The van der Waals surface area contributed by atoms with E-state index in [9.17, 15) is 13.2 Å². The molecule has 0 radical (unpaired) electrons. The first-order valence-electron chi connectivity index (χ1n) is 7.00. The number of nitrogens with zero attached hydrogens (tertiary/aromatic N) is 6. The third kappa shape index (κ3) is 2.51. The zero-order chi connectivity index (χ0) is 17.6. The van der Waals surface area contributed by atoms with Crippen LogP contribution >= 0.6 is 0 Å². The van der Waals surface area contributed by atoms with Gasteiger partial charge in [0.2, 0.25) is 0 Å². The average Bonchev–Trinajstić information content (AvgIpc) is 3.07. The van der Waals surface area contributed by atoms with Gasteiger partial charge in [-0.1, -0.05) is 0 Å². The van der Waals surface area contributed by atoms with Crippen molar-refractivity contribution in [2.75, 3.05) is 11.1 Å². The van der Waals surface area contributed by atoms with Crippen molar-refractivity contribution in [1.29, 1.82) is 0 Å². The summed E-state index contributed by atoms with van der Waals surface area (Å²) in [6.45, 7) is 3.70. The van der Waals surface area contributed by atoms with Crippen LogP contribution in [-0.4, -0.2) is 29.6 Å². The number of halogens is 3. The second-order valence-corrected chi connectivity index (χ2v) is 5.39. The Morgan fingerprint density at radius 1 is 1.21 bits per heavy atom. The van der Waals surface area contributed by atoms with Crippen LogP contribution in [0.25, 0.3) is 5.65 Å². The first kappa shape index (κ1) is 16.0. The Hall–Kier alpha value is -2.85. The van der Waals surface area contributed by atoms with Gasteiger partial charge in [-0.15, -0.1) is 15.3 Å². The van der Waals surface area contributed by atoms with Crippen LogP contribution in [0.1, 0.15) is 22.5 Å². The number of hydrogen-bond acceptors (Lipinski definition) is 6. The maximum absolute atomic E-state index is 13.0. The van der Waals surface area contributed by atoms with E-state index in [-0.39, 0.29) is 12.2 Å². The second-order valence-electron chi connectivity index (χ2n) is 5.39. The number of aryl methyl sites for hydroxylation is 2. The highest BCUT2D eigenvalue weighted by Crippen LogP contribution is 2.29. The van der Waals surface area contributed by atoms with Crippen molar-refractivity contribution in [3.05, 3.63) is 28.7 Å². The van der Waals surface area contributed by atoms with Gasteiger partial charge >= 0.3 is 6.18 Å². The maximum Gasteiger partial charge on any atom is 0.453 e. The molecule has 0 fully saturated rings. The number of nitrogens with two attached hydrogens (primary N) is 1. The molecule has 8 nitrogen and oxygen atoms in total. The molecule has 3 aromatic rings. The zero-order valence-electron chi connectivity index (χ0n) is 13.2. The van der Waals surface area contributed by atoms with Crippen LogP contribution in [0.15, 0.2) is 6.20 Å². The predicted molar refractivity (Wildman–Crippen MR) is 80.2 cm³/mol. The molecule has 0 atom stereocenters. The van der Waals surface area contributed by atoms with Gasteiger partial charge in [-0.2, -0.15) is 22.8 Å². The summed E-state index contributed by atoms with van der Waals surface area (Å²) < 4.78 is 41.2. The molecule has 128 valence electrons. The molecule has 11 heteroatoms. The third-order valence-corrected chi connectivity index (χ3v) is 3.86. The number of fused-ring (bicyclic) bond motifs is 1. The summed E-state index contributed by atoms with van der Waals surface area (Å²) in [5.41, 5.74) is 7.90. The van der Waals surface area contributed by atoms with Gasteiger partial charge in [0.25, 0.3) is 5.82 Å². The molecule has 0 aliphatic rings. The third-order valence-electron chi connectivity index (χ3n) is 3.86. The summed E-state index contributed by atoms with van der Waals surface area (Å²) in [5.74, 6) is -0.392. The molecule has 3 N–H and O–H groups in total. The summed E-state index contributed by atoms with van der Waals surface area (Å²) in [7, 11) is 1.70. The van der Waals surface area contributed by atoms with E-state index >= 15 is 0 Å². The molecular weight excluding hydrogens is 325 g/mol. The van der Waals surface area contributed by atoms with Crippen LogP contribution in [-0.2, 0) is 19.8 Å². The van der Waals surface area contributed by atoms with E-state index in [1.54, 1.807) is 27.1 Å². The highest BCUT2D eigenvalue weighted by Gasteiger charge is 2.38. The number of alkyl halides is 3. The van der Waals surface area contributed by atoms with Crippen LogP contribution in [0.3, 0.4) is 0 Å². The van der Waals surface area contributed by atoms with Gasteiger partial charge < -0.3 is 11.1 Å². The molecular formula is C13H15F3N8. The fourth-order valence-corrected chi connectivity index (χ4v) is 2.28. The summed E-state index contributed by atoms with van der Waals surface area (Å²) >= 11 is 0. The van der Waals surface area contributed by atoms with E-state index in [0.717, 1.165) is 5.56 Å². The van der Waals surface area contributed by atoms with Crippen LogP contribution in [0.5, 0.6) is 0 Å². The standard InChI is InChI=1S/C13H15F3N8/c1-6-7(2)11-20-21-12(13(14,15)16)24(11)22-10(6)18-4-8-5-19-23(3)9(8)17/h5H,4,17H2,1-3H3,(H,18,22). The number of anilines is 2. The lowest BCUT2D eigenvalue weighted by molar-refractivity contribution is -0.146. The van der Waals surface area contributed by atoms with E-state index in [2.05, 4.69) is 25.7 Å². The Bertz CT molecular complexity index is 908. The Balaban J connectivity index is 2.01. The number of nitrogens with one attached hydrogen (secondary N) is 1. The lowest BCUT2D eigenvalue weighted by atomic mass is 10.2. The minimum atomic E-state index is -4.64. The van der Waals surface area contributed by atoms with Crippen LogP contribution in [0.4, 0.5) is 24.8 Å². The Morgan fingerprint density at radius 2 is 1.92 bits per heavy atom. The number of aromatic nitrogens is 6. The monoisotopic (exact) mass is 340 g/mol. The molecule has 0 saturated heterocycles. The van der Waals surface area contributed by atoms with Crippen molar-refractivity contribution in [1.82, 2.24) is 29.6 Å². The maximum atomic E-state index is 13.0. The summed E-state index contributed by atoms with van der Waals surface area (Å²) in [5, 5.41) is 17.8. The molecule has 0 saturated carbocycles. The lowest BCUT2D eigenvalue weighted by Crippen LogP contribution is -2.15. The van der Waals surface area contributed by atoms with Crippen molar-refractivity contribution >= 4 is 17.3 Å². The Morgan fingerprint density at radius 3 is 2.50 bits per heavy atom. The van der Waals surface area contributed by atoms with Crippen LogP contribution in [0.2, 0.25) is 0 Å². The Kier molecular flexibility index (Phi) is 3.57. The first-order chi connectivity index (χ1) is 11.2. The molecule has 24 heavy (non-hydrogen) atoms. The highest BCUT2D eigenvalue weighted by atomic mass is 19.4. The molecule has 3 heterocycles. The van der Waals surface area contributed by atoms with E-state index in [1.165, 1.54) is 4.68 Å². The van der Waals surface area contributed by atoms with Crippen molar-refractivity contribution in [2.24, 2.45) is 7.05 Å². The molecule has 0 aromatic carbocycles. The summed E-state index contributed by atoms with van der Waals surface area (Å²) in [4.78, 5) is 0. The minimum absolute atomic E-state index is 0.0752. The van der Waals surface area contributed by atoms with Gasteiger partial charge in [0.15, 0.2) is 11.5 Å². The predicted octanol–water partition coefficient (Wildman–Crippen LogP) is 1.69. The van der Waals surface area contributed by atoms with Gasteiger partial charge in [-0.3, -0.25) is 4.68 Å². The lowest BCUT2D eigenvalue weighted by Gasteiger charge is -2.12. The van der Waals surface area contributed by atoms with Crippen LogP contribution < -0.4 is 11.1 Å². The van der Waals surface area contributed by atoms with E-state index in [4.69, 9.17) is 5.73 Å². The SMILES string of the molecule is Cc1c(NCc2cnn(C)c2N)nn2c(C(F)(F)F)nnc2c1C. The zero-order valence-corrected chi connectivity index (χ0v) is 13.2. The molecule has 3 rings (SSSR count). The number of hydrogen-bond donors (Lipinski definition) is 2. The fourth-order valence-electron chi connectivity index (χ4n) is 2.28. The van der Waals surface area contributed by atoms with E-state index in [0.29, 0.717) is 27.3 Å². The summed E-state index contributed by atoms with van der Waals surface area (Å²) in [6, 6.07) is 0. The van der Waals surface area contributed by atoms with Crippen molar-refractivity contribution in [2.45, 2.75) is 26.6 Å². The Labute approximate surface area is 134 Å². The van der Waals surface area contributed by atoms with Crippen molar-refractivity contribution < 1.29 is 13.2 Å². The second kappa shape index (κ2) is 5.35. The van der Waals surface area contributed by atoms with E-state index < -0.39 is 12.0 Å². The van der Waals surface area contributed by atoms with Gasteiger partial charge in [0.05, 0.1) is 6.20 Å². The normalized spacial score (nSPS) is 12.1. The first-order valence-corrected chi connectivity index (χ1v) is 7.00. The van der Waals surface area contributed by atoms with Gasteiger partial charge in [-0.25, -0.2) is 0 Å². The van der Waals surface area contributed by atoms with Crippen molar-refractivity contribution in [3.63, 3.8) is 0 Å². The molecule has 0 aliphatic heterocycles. The topological polar surface area (TPSA) is 99.0 Å². The molecule has 0 bridgehead atoms. The average molecular weight is 340 g/mol. The number of rotatable bonds is 3. The quantitative estimate of drug-likeness (QED) is 0.753. The van der Waals surface area contributed by atoms with Gasteiger partial charge in [-0.05, 0) is 19.4 Å².